The van der Waals surface area contributed by atoms with Crippen molar-refractivity contribution in [3.8, 4) is 0 Å². The molecular weight excluding hydrogens is 961 g/mol. The van der Waals surface area contributed by atoms with E-state index in [9.17, 15) is 14.4 Å². The van der Waals surface area contributed by atoms with Crippen molar-refractivity contribution < 1.29 is 28.6 Å². The van der Waals surface area contributed by atoms with Gasteiger partial charge in [-0.05, 0) is 135 Å². The van der Waals surface area contributed by atoms with Gasteiger partial charge in [0.05, 0.1) is 0 Å². The van der Waals surface area contributed by atoms with Crippen LogP contribution in [0.15, 0.2) is 146 Å². The molecule has 0 aromatic rings. The molecule has 0 aliphatic rings. The number of carbonyl (C=O) groups is 3. The molecule has 0 aliphatic heterocycles. The third kappa shape index (κ3) is 62.1. The van der Waals surface area contributed by atoms with Gasteiger partial charge in [0.1, 0.15) is 13.2 Å². The number of hydrogen-bond acceptors (Lipinski definition) is 6. The number of hydrogen-bond donors (Lipinski definition) is 0. The number of esters is 3. The third-order valence-electron chi connectivity index (χ3n) is 13.0. The predicted octanol–water partition coefficient (Wildman–Crippen LogP) is 21.9. The number of allylic oxidation sites excluding steroid dienone is 24. The van der Waals surface area contributed by atoms with Crippen LogP contribution in [0, 0.1) is 0 Å². The first-order chi connectivity index (χ1) is 38.5. The lowest BCUT2D eigenvalue weighted by molar-refractivity contribution is -0.167. The summed E-state index contributed by atoms with van der Waals surface area (Å²) in [5.74, 6) is -0.961. The Hall–Kier alpha value is -4.71. The molecule has 0 spiro atoms. The third-order valence-corrected chi connectivity index (χ3v) is 13.0. The fraction of sp³-hybridized carbons (Fsp3) is 0.625. The van der Waals surface area contributed by atoms with E-state index in [4.69, 9.17) is 14.2 Å². The van der Waals surface area contributed by atoms with Gasteiger partial charge < -0.3 is 14.2 Å². The Morgan fingerprint density at radius 2 is 0.500 bits per heavy atom. The summed E-state index contributed by atoms with van der Waals surface area (Å²) in [7, 11) is 0. The SMILES string of the molecule is CC/C=C\C/C=C\C/C=C\C/C=C\C/C=C\C/C=C\CCCCC(=O)OC(COC(=O)CCCCCCC/C=C\CCC)COC(=O)CCCCCCCCCCCCCCC/C=C\C/C=C\C/C=C\C/C=C\C/C=C\CC. The van der Waals surface area contributed by atoms with Gasteiger partial charge in [-0.1, -0.05) is 263 Å². The fourth-order valence-corrected chi connectivity index (χ4v) is 8.36. The molecule has 6 heteroatoms. The van der Waals surface area contributed by atoms with E-state index >= 15 is 0 Å². The van der Waals surface area contributed by atoms with E-state index in [0.717, 1.165) is 141 Å². The minimum absolute atomic E-state index is 0.103. The summed E-state index contributed by atoms with van der Waals surface area (Å²) in [6.07, 6.45) is 92.9. The first kappa shape index (κ1) is 73.3. The highest BCUT2D eigenvalue weighted by Crippen LogP contribution is 2.15. The van der Waals surface area contributed by atoms with Crippen molar-refractivity contribution in [3.63, 3.8) is 0 Å². The Morgan fingerprint density at radius 1 is 0.269 bits per heavy atom. The molecule has 0 radical (unpaired) electrons. The number of ether oxygens (including phenoxy) is 3. The van der Waals surface area contributed by atoms with Crippen molar-refractivity contribution in [2.75, 3.05) is 13.2 Å². The van der Waals surface area contributed by atoms with Gasteiger partial charge in [0.15, 0.2) is 6.10 Å². The van der Waals surface area contributed by atoms with Crippen molar-refractivity contribution >= 4 is 17.9 Å². The van der Waals surface area contributed by atoms with Crippen molar-refractivity contribution in [3.05, 3.63) is 146 Å². The number of carbonyl (C=O) groups excluding carboxylic acids is 3. The molecule has 1 atom stereocenters. The first-order valence-electron chi connectivity index (χ1n) is 31.8. The summed E-state index contributed by atoms with van der Waals surface area (Å²) in [5, 5.41) is 0. The van der Waals surface area contributed by atoms with E-state index in [-0.39, 0.29) is 37.5 Å². The quantitative estimate of drug-likeness (QED) is 0.0261. The molecule has 6 nitrogen and oxygen atoms in total. The normalized spacial score (nSPS) is 13.1. The second kappa shape index (κ2) is 64.8. The zero-order chi connectivity index (χ0) is 56.4. The van der Waals surface area contributed by atoms with E-state index in [2.05, 4.69) is 167 Å². The van der Waals surface area contributed by atoms with Crippen LogP contribution in [-0.2, 0) is 28.6 Å². The summed E-state index contributed by atoms with van der Waals surface area (Å²) >= 11 is 0. The molecule has 0 heterocycles. The van der Waals surface area contributed by atoms with Gasteiger partial charge in [0.25, 0.3) is 0 Å². The zero-order valence-corrected chi connectivity index (χ0v) is 50.4. The molecule has 0 aliphatic carbocycles. The maximum Gasteiger partial charge on any atom is 0.306 e. The van der Waals surface area contributed by atoms with E-state index < -0.39 is 6.10 Å². The summed E-state index contributed by atoms with van der Waals surface area (Å²) in [6, 6.07) is 0. The maximum absolute atomic E-state index is 12.9. The Morgan fingerprint density at radius 3 is 0.821 bits per heavy atom. The van der Waals surface area contributed by atoms with Gasteiger partial charge >= 0.3 is 17.9 Å². The smallest absolute Gasteiger partial charge is 0.306 e. The Bertz CT molecular complexity index is 1710. The summed E-state index contributed by atoms with van der Waals surface area (Å²) in [6.45, 7) is 6.31. The maximum atomic E-state index is 12.9. The van der Waals surface area contributed by atoms with Crippen molar-refractivity contribution in [2.45, 2.75) is 277 Å². The highest BCUT2D eigenvalue weighted by atomic mass is 16.6. The molecule has 0 amide bonds. The molecule has 1 unspecified atom stereocenters. The minimum atomic E-state index is -0.810. The Balaban J connectivity index is 4.30. The monoisotopic (exact) mass is 1080 g/mol. The predicted molar refractivity (Wildman–Crippen MR) is 339 cm³/mol. The van der Waals surface area contributed by atoms with E-state index in [0.29, 0.717) is 19.3 Å². The first-order valence-corrected chi connectivity index (χ1v) is 31.8. The van der Waals surface area contributed by atoms with Crippen LogP contribution in [0.5, 0.6) is 0 Å². The van der Waals surface area contributed by atoms with Crippen LogP contribution >= 0.6 is 0 Å². The van der Waals surface area contributed by atoms with E-state index in [1.54, 1.807) is 0 Å². The van der Waals surface area contributed by atoms with Crippen LogP contribution in [0.2, 0.25) is 0 Å². The van der Waals surface area contributed by atoms with Crippen LogP contribution < -0.4 is 0 Å². The Labute approximate surface area is 480 Å². The van der Waals surface area contributed by atoms with Gasteiger partial charge in [0.2, 0.25) is 0 Å². The minimum Gasteiger partial charge on any atom is -0.462 e. The van der Waals surface area contributed by atoms with Crippen LogP contribution in [0.25, 0.3) is 0 Å². The van der Waals surface area contributed by atoms with Gasteiger partial charge in [-0.25, -0.2) is 0 Å². The average Bonchev–Trinajstić information content (AvgIpc) is 3.44. The number of rotatable bonds is 56. The van der Waals surface area contributed by atoms with Crippen LogP contribution in [0.4, 0.5) is 0 Å². The molecule has 0 saturated heterocycles. The lowest BCUT2D eigenvalue weighted by Gasteiger charge is -2.18. The second-order valence-corrected chi connectivity index (χ2v) is 20.5. The molecule has 0 aromatic heterocycles. The van der Waals surface area contributed by atoms with Gasteiger partial charge in [0, 0.05) is 19.3 Å². The topological polar surface area (TPSA) is 78.9 Å². The van der Waals surface area contributed by atoms with E-state index in [1.807, 2.05) is 0 Å². The second-order valence-electron chi connectivity index (χ2n) is 20.5. The molecule has 0 N–H and O–H groups in total. The molecular formula is C72H116O6. The van der Waals surface area contributed by atoms with Gasteiger partial charge in [-0.2, -0.15) is 0 Å². The molecule has 0 bridgehead atoms. The number of unbranched alkanes of at least 4 members (excludes halogenated alkanes) is 21. The molecule has 0 aromatic carbocycles. The van der Waals surface area contributed by atoms with Crippen LogP contribution in [0.3, 0.4) is 0 Å². The van der Waals surface area contributed by atoms with Gasteiger partial charge in [-0.15, -0.1) is 0 Å². The Kier molecular flexibility index (Phi) is 60.9. The lowest BCUT2D eigenvalue weighted by Crippen LogP contribution is -2.30. The molecule has 0 rings (SSSR count). The molecule has 0 saturated carbocycles. The highest BCUT2D eigenvalue weighted by Gasteiger charge is 2.19. The zero-order valence-electron chi connectivity index (χ0n) is 50.4. The summed E-state index contributed by atoms with van der Waals surface area (Å²) < 4.78 is 16.8. The van der Waals surface area contributed by atoms with Crippen molar-refractivity contribution in [1.29, 1.82) is 0 Å². The molecule has 78 heavy (non-hydrogen) atoms. The summed E-state index contributed by atoms with van der Waals surface area (Å²) in [5.41, 5.74) is 0. The largest absolute Gasteiger partial charge is 0.462 e. The highest BCUT2D eigenvalue weighted by molar-refractivity contribution is 5.71. The van der Waals surface area contributed by atoms with E-state index in [1.165, 1.54) is 83.5 Å². The van der Waals surface area contributed by atoms with Gasteiger partial charge in [-0.3, -0.25) is 14.4 Å². The summed E-state index contributed by atoms with van der Waals surface area (Å²) in [4.78, 5) is 38.2. The standard InChI is InChI=1S/C72H116O6/c1-4-7-10-13-16-19-22-24-26-28-30-32-33-34-35-36-37-38-39-41-42-44-46-48-50-53-56-59-62-65-71(74)77-68-69(67-76-70(73)64-61-58-55-52-21-18-15-12-9-6-3)78-72(75)66-63-60-57-54-51-49-47-45-43-40-31-29-27-25-23-20-17-14-11-8-5-2/h7-8,10-12,15-17,19-20,24-27,30-32,34-35,40,45,47,51,54,69H,4-6,9,13-14,18,21-23,28-29,33,36-39,41-44,46,48-50,52-53,55-68H2,1-3H3/b10-7-,11-8-,15-12-,19-16-,20-17-,26-24-,27-25-,32-30-,35-34-,40-31-,47-45-,54-51-. The van der Waals surface area contributed by atoms with Crippen LogP contribution in [-0.4, -0.2) is 37.2 Å². The lowest BCUT2D eigenvalue weighted by atomic mass is 10.0. The van der Waals surface area contributed by atoms with Crippen molar-refractivity contribution in [2.24, 2.45) is 0 Å². The van der Waals surface area contributed by atoms with Crippen molar-refractivity contribution in [1.82, 2.24) is 0 Å². The fourth-order valence-electron chi connectivity index (χ4n) is 8.36. The molecule has 0 fully saturated rings. The average molecular weight is 1080 g/mol. The molecule has 440 valence electrons. The van der Waals surface area contributed by atoms with Crippen LogP contribution in [0.1, 0.15) is 271 Å².